The second-order valence-electron chi connectivity index (χ2n) is 4.25. The van der Waals surface area contributed by atoms with E-state index in [1.165, 1.54) is 0 Å². The van der Waals surface area contributed by atoms with Crippen molar-refractivity contribution in [3.63, 3.8) is 0 Å². The molecule has 2 rings (SSSR count). The van der Waals surface area contributed by atoms with E-state index in [2.05, 4.69) is 15.9 Å². The lowest BCUT2D eigenvalue weighted by Gasteiger charge is -2.10. The van der Waals surface area contributed by atoms with E-state index in [9.17, 15) is 0 Å². The fraction of sp³-hybridized carbons (Fsp3) is 0.250. The quantitative estimate of drug-likeness (QED) is 0.795. The minimum atomic E-state index is 0.617. The predicted octanol–water partition coefficient (Wildman–Crippen LogP) is 4.09. The first kappa shape index (κ1) is 14.7. The summed E-state index contributed by atoms with van der Waals surface area (Å²) >= 11 is 3.42. The number of hydrogen-bond acceptors (Lipinski definition) is 3. The van der Waals surface area contributed by atoms with Crippen LogP contribution in [0.25, 0.3) is 0 Å². The van der Waals surface area contributed by atoms with Gasteiger partial charge in [-0.3, -0.25) is 0 Å². The van der Waals surface area contributed by atoms with Crippen molar-refractivity contribution in [3.05, 3.63) is 52.5 Å². The van der Waals surface area contributed by atoms with Crippen LogP contribution in [-0.2, 0) is 6.42 Å². The van der Waals surface area contributed by atoms with Crippen LogP contribution in [0.15, 0.2) is 46.9 Å². The number of hydrogen-bond donors (Lipinski definition) is 0. The Hall–Kier alpha value is -1.68. The van der Waals surface area contributed by atoms with Gasteiger partial charge in [-0.25, -0.2) is 0 Å². The molecule has 0 fully saturated rings. The third kappa shape index (κ3) is 3.90. The first-order valence-electron chi connectivity index (χ1n) is 6.32. The summed E-state index contributed by atoms with van der Waals surface area (Å²) in [6.45, 7) is 0.617. The van der Waals surface area contributed by atoms with Crippen LogP contribution in [0.5, 0.6) is 17.2 Å². The lowest BCUT2D eigenvalue weighted by Crippen LogP contribution is -2.02. The van der Waals surface area contributed by atoms with Gasteiger partial charge in [-0.15, -0.1) is 0 Å². The fourth-order valence-corrected chi connectivity index (χ4v) is 2.26. The zero-order valence-corrected chi connectivity index (χ0v) is 13.1. The Balaban J connectivity index is 1.94. The molecule has 0 aliphatic heterocycles. The van der Waals surface area contributed by atoms with Gasteiger partial charge in [-0.2, -0.15) is 0 Å². The second-order valence-corrected chi connectivity index (χ2v) is 5.16. The second kappa shape index (κ2) is 7.20. The lowest BCUT2D eigenvalue weighted by atomic mass is 10.1. The maximum absolute atomic E-state index is 5.72. The molecule has 0 amide bonds. The first-order valence-corrected chi connectivity index (χ1v) is 7.11. The van der Waals surface area contributed by atoms with Gasteiger partial charge >= 0.3 is 0 Å². The highest BCUT2D eigenvalue weighted by Crippen LogP contribution is 2.27. The standard InChI is InChI=1S/C16H17BrO3/c1-18-15-7-6-12(10-16(15)19-2)8-9-20-14-5-3-4-13(17)11-14/h3-7,10-11H,8-9H2,1-2H3. The zero-order chi connectivity index (χ0) is 14.4. The van der Waals surface area contributed by atoms with Crippen molar-refractivity contribution in [2.45, 2.75) is 6.42 Å². The third-order valence-electron chi connectivity index (χ3n) is 2.90. The molecule has 0 spiro atoms. The van der Waals surface area contributed by atoms with Crippen molar-refractivity contribution in [1.82, 2.24) is 0 Å². The summed E-state index contributed by atoms with van der Waals surface area (Å²) in [6, 6.07) is 13.7. The van der Waals surface area contributed by atoms with E-state index in [0.717, 1.165) is 33.7 Å². The summed E-state index contributed by atoms with van der Waals surface area (Å²) in [7, 11) is 3.27. The van der Waals surface area contributed by atoms with Crippen LogP contribution in [-0.4, -0.2) is 20.8 Å². The molecule has 0 radical (unpaired) electrons. The largest absolute Gasteiger partial charge is 0.493 e. The van der Waals surface area contributed by atoms with Gasteiger partial charge in [0.2, 0.25) is 0 Å². The average molecular weight is 337 g/mol. The topological polar surface area (TPSA) is 27.7 Å². The van der Waals surface area contributed by atoms with Crippen molar-refractivity contribution in [2.75, 3.05) is 20.8 Å². The number of rotatable bonds is 6. The van der Waals surface area contributed by atoms with E-state index in [4.69, 9.17) is 14.2 Å². The average Bonchev–Trinajstić information content (AvgIpc) is 2.47. The molecule has 3 nitrogen and oxygen atoms in total. The number of methoxy groups -OCH3 is 2. The Morgan fingerprint density at radius 2 is 1.75 bits per heavy atom. The molecule has 0 bridgehead atoms. The molecule has 2 aromatic rings. The predicted molar refractivity (Wildman–Crippen MR) is 82.9 cm³/mol. The van der Waals surface area contributed by atoms with Crippen LogP contribution in [0.4, 0.5) is 0 Å². The molecule has 0 saturated carbocycles. The molecule has 0 atom stereocenters. The van der Waals surface area contributed by atoms with Gasteiger partial charge in [0.25, 0.3) is 0 Å². The van der Waals surface area contributed by atoms with Crippen LogP contribution in [0.2, 0.25) is 0 Å². The molecule has 0 aromatic heterocycles. The number of ether oxygens (including phenoxy) is 3. The minimum Gasteiger partial charge on any atom is -0.493 e. The maximum Gasteiger partial charge on any atom is 0.160 e. The van der Waals surface area contributed by atoms with Crippen LogP contribution < -0.4 is 14.2 Å². The normalized spacial score (nSPS) is 10.2. The van der Waals surface area contributed by atoms with Gasteiger partial charge in [-0.05, 0) is 35.9 Å². The molecular weight excluding hydrogens is 320 g/mol. The summed E-state index contributed by atoms with van der Waals surface area (Å²) in [6.07, 6.45) is 0.812. The molecule has 0 heterocycles. The summed E-state index contributed by atoms with van der Waals surface area (Å²) in [5, 5.41) is 0. The van der Waals surface area contributed by atoms with Crippen molar-refractivity contribution in [3.8, 4) is 17.2 Å². The fourth-order valence-electron chi connectivity index (χ4n) is 1.88. The van der Waals surface area contributed by atoms with Crippen molar-refractivity contribution in [2.24, 2.45) is 0 Å². The van der Waals surface area contributed by atoms with Gasteiger partial charge in [0.05, 0.1) is 20.8 Å². The Morgan fingerprint density at radius 3 is 2.45 bits per heavy atom. The van der Waals surface area contributed by atoms with E-state index >= 15 is 0 Å². The number of benzene rings is 2. The van der Waals surface area contributed by atoms with E-state index < -0.39 is 0 Å². The SMILES string of the molecule is COc1ccc(CCOc2cccc(Br)c2)cc1OC. The highest BCUT2D eigenvalue weighted by molar-refractivity contribution is 9.10. The van der Waals surface area contributed by atoms with E-state index in [0.29, 0.717) is 6.61 Å². The molecule has 0 aliphatic carbocycles. The van der Waals surface area contributed by atoms with Crippen LogP contribution in [0, 0.1) is 0 Å². The molecule has 0 unspecified atom stereocenters. The molecule has 0 N–H and O–H groups in total. The maximum atomic E-state index is 5.72. The van der Waals surface area contributed by atoms with E-state index in [1.807, 2.05) is 42.5 Å². The summed E-state index contributed by atoms with van der Waals surface area (Å²) in [4.78, 5) is 0. The van der Waals surface area contributed by atoms with Crippen LogP contribution >= 0.6 is 15.9 Å². The van der Waals surface area contributed by atoms with Gasteiger partial charge in [0.15, 0.2) is 11.5 Å². The van der Waals surface area contributed by atoms with E-state index in [-0.39, 0.29) is 0 Å². The Kier molecular flexibility index (Phi) is 5.30. The Bertz CT molecular complexity index is 569. The third-order valence-corrected chi connectivity index (χ3v) is 3.40. The van der Waals surface area contributed by atoms with Gasteiger partial charge in [0.1, 0.15) is 5.75 Å². The summed E-state index contributed by atoms with van der Waals surface area (Å²) < 4.78 is 17.2. The van der Waals surface area contributed by atoms with Crippen LogP contribution in [0.1, 0.15) is 5.56 Å². The van der Waals surface area contributed by atoms with Gasteiger partial charge in [-0.1, -0.05) is 28.1 Å². The number of halogens is 1. The lowest BCUT2D eigenvalue weighted by molar-refractivity contribution is 0.320. The molecule has 0 saturated heterocycles. The van der Waals surface area contributed by atoms with Gasteiger partial charge < -0.3 is 14.2 Å². The highest BCUT2D eigenvalue weighted by atomic mass is 79.9. The summed E-state index contributed by atoms with van der Waals surface area (Å²) in [5.41, 5.74) is 1.15. The molecule has 0 aliphatic rings. The Labute approximate surface area is 127 Å². The molecule has 4 heteroatoms. The minimum absolute atomic E-state index is 0.617. The smallest absolute Gasteiger partial charge is 0.160 e. The molecule has 106 valence electrons. The molecular formula is C16H17BrO3. The summed E-state index contributed by atoms with van der Waals surface area (Å²) in [5.74, 6) is 2.34. The van der Waals surface area contributed by atoms with Crippen molar-refractivity contribution < 1.29 is 14.2 Å². The van der Waals surface area contributed by atoms with Gasteiger partial charge in [0, 0.05) is 10.9 Å². The molecule has 2 aromatic carbocycles. The monoisotopic (exact) mass is 336 g/mol. The molecule has 20 heavy (non-hydrogen) atoms. The van der Waals surface area contributed by atoms with Crippen molar-refractivity contribution >= 4 is 15.9 Å². The van der Waals surface area contributed by atoms with Crippen molar-refractivity contribution in [1.29, 1.82) is 0 Å². The zero-order valence-electron chi connectivity index (χ0n) is 11.6. The highest BCUT2D eigenvalue weighted by Gasteiger charge is 2.04. The Morgan fingerprint density at radius 1 is 0.950 bits per heavy atom. The van der Waals surface area contributed by atoms with E-state index in [1.54, 1.807) is 14.2 Å². The van der Waals surface area contributed by atoms with Crippen LogP contribution in [0.3, 0.4) is 0 Å². The first-order chi connectivity index (χ1) is 9.72.